The fraction of sp³-hybridized carbons (Fsp3) is 0.111. The highest BCUT2D eigenvalue weighted by molar-refractivity contribution is 5.88. The van der Waals surface area contributed by atoms with E-state index in [4.69, 9.17) is 9.47 Å². The smallest absolute Gasteiger partial charge is 0.134 e. The molecule has 0 aliphatic carbocycles. The van der Waals surface area contributed by atoms with Gasteiger partial charge in [0.1, 0.15) is 17.3 Å². The van der Waals surface area contributed by atoms with Crippen molar-refractivity contribution in [2.24, 2.45) is 0 Å². The summed E-state index contributed by atoms with van der Waals surface area (Å²) in [5.74, 6) is 1.04. The first kappa shape index (κ1) is 13.4. The van der Waals surface area contributed by atoms with E-state index in [-0.39, 0.29) is 5.82 Å². The van der Waals surface area contributed by atoms with Gasteiger partial charge in [-0.05, 0) is 46.7 Å². The van der Waals surface area contributed by atoms with Crippen LogP contribution in [0.25, 0.3) is 21.9 Å². The lowest BCUT2D eigenvalue weighted by Crippen LogP contribution is -1.88. The van der Waals surface area contributed by atoms with E-state index in [0.29, 0.717) is 11.3 Å². The van der Waals surface area contributed by atoms with Gasteiger partial charge < -0.3 is 9.47 Å². The molecule has 0 heterocycles. The molecule has 21 heavy (non-hydrogen) atoms. The third-order valence-electron chi connectivity index (χ3n) is 3.53. The zero-order valence-electron chi connectivity index (χ0n) is 11.9. The standard InChI is InChI=1S/C18H15FO2/c1-20-15-6-5-12-9-14(4-3-13(12)10-15)17-8-7-16(21-2)11-18(17)19/h3-11H,1-2H3. The minimum atomic E-state index is -0.290. The average molecular weight is 282 g/mol. The van der Waals surface area contributed by atoms with E-state index >= 15 is 0 Å². The van der Waals surface area contributed by atoms with E-state index < -0.39 is 0 Å². The van der Waals surface area contributed by atoms with Crippen molar-refractivity contribution in [2.45, 2.75) is 0 Å². The van der Waals surface area contributed by atoms with Crippen LogP contribution in [0, 0.1) is 5.82 Å². The molecule has 0 aliphatic heterocycles. The van der Waals surface area contributed by atoms with Crippen molar-refractivity contribution < 1.29 is 13.9 Å². The first-order chi connectivity index (χ1) is 10.2. The molecule has 0 unspecified atom stereocenters. The molecule has 3 aromatic carbocycles. The second kappa shape index (κ2) is 5.44. The molecule has 0 amide bonds. The molecule has 0 radical (unpaired) electrons. The first-order valence-electron chi connectivity index (χ1n) is 6.63. The van der Waals surface area contributed by atoms with E-state index in [9.17, 15) is 4.39 Å². The minimum Gasteiger partial charge on any atom is -0.497 e. The molecule has 0 aliphatic rings. The molecule has 3 rings (SSSR count). The molecule has 2 nitrogen and oxygen atoms in total. The van der Waals surface area contributed by atoms with Crippen LogP contribution in [0.1, 0.15) is 0 Å². The summed E-state index contributed by atoms with van der Waals surface area (Å²) in [6, 6.07) is 16.6. The van der Waals surface area contributed by atoms with Crippen LogP contribution < -0.4 is 9.47 Å². The Labute approximate surface area is 122 Å². The first-order valence-corrected chi connectivity index (χ1v) is 6.63. The Bertz CT molecular complexity index is 796. The summed E-state index contributed by atoms with van der Waals surface area (Å²) in [4.78, 5) is 0. The zero-order chi connectivity index (χ0) is 14.8. The number of hydrogen-bond acceptors (Lipinski definition) is 2. The van der Waals surface area contributed by atoms with Gasteiger partial charge in [-0.1, -0.05) is 18.2 Å². The van der Waals surface area contributed by atoms with Crippen LogP contribution in [0.3, 0.4) is 0 Å². The maximum Gasteiger partial charge on any atom is 0.134 e. The van der Waals surface area contributed by atoms with E-state index in [0.717, 1.165) is 22.1 Å². The highest BCUT2D eigenvalue weighted by Gasteiger charge is 2.07. The van der Waals surface area contributed by atoms with Crippen LogP contribution in [-0.2, 0) is 0 Å². The fourth-order valence-electron chi connectivity index (χ4n) is 2.38. The van der Waals surface area contributed by atoms with Gasteiger partial charge in [0.05, 0.1) is 14.2 Å². The normalized spacial score (nSPS) is 10.6. The van der Waals surface area contributed by atoms with Crippen molar-refractivity contribution in [2.75, 3.05) is 14.2 Å². The number of hydrogen-bond donors (Lipinski definition) is 0. The monoisotopic (exact) mass is 282 g/mol. The molecule has 0 atom stereocenters. The molecule has 0 saturated heterocycles. The molecule has 0 bridgehead atoms. The third kappa shape index (κ3) is 2.55. The van der Waals surface area contributed by atoms with Gasteiger partial charge >= 0.3 is 0 Å². The lowest BCUT2D eigenvalue weighted by Gasteiger charge is -2.08. The quantitative estimate of drug-likeness (QED) is 0.695. The molecule has 0 aromatic heterocycles. The van der Waals surface area contributed by atoms with Crippen LogP contribution in [-0.4, -0.2) is 14.2 Å². The van der Waals surface area contributed by atoms with Crippen LogP contribution in [0.2, 0.25) is 0 Å². The van der Waals surface area contributed by atoms with E-state index in [1.54, 1.807) is 19.2 Å². The fourth-order valence-corrected chi connectivity index (χ4v) is 2.38. The van der Waals surface area contributed by atoms with Gasteiger partial charge in [-0.25, -0.2) is 4.39 Å². The van der Waals surface area contributed by atoms with E-state index in [2.05, 4.69) is 0 Å². The summed E-state index contributed by atoms with van der Waals surface area (Å²) in [5, 5.41) is 2.11. The summed E-state index contributed by atoms with van der Waals surface area (Å²) >= 11 is 0. The molecule has 0 saturated carbocycles. The number of benzene rings is 3. The van der Waals surface area contributed by atoms with E-state index in [1.165, 1.54) is 13.2 Å². The predicted octanol–water partition coefficient (Wildman–Crippen LogP) is 4.66. The van der Waals surface area contributed by atoms with Gasteiger partial charge in [0.25, 0.3) is 0 Å². The Balaban J connectivity index is 2.08. The van der Waals surface area contributed by atoms with Gasteiger partial charge in [0, 0.05) is 11.6 Å². The maximum atomic E-state index is 14.1. The summed E-state index contributed by atoms with van der Waals surface area (Å²) < 4.78 is 24.4. The summed E-state index contributed by atoms with van der Waals surface area (Å²) in [6.45, 7) is 0. The van der Waals surface area contributed by atoms with Crippen molar-refractivity contribution in [3.63, 3.8) is 0 Å². The zero-order valence-corrected chi connectivity index (χ0v) is 11.9. The van der Waals surface area contributed by atoms with Crippen LogP contribution in [0.5, 0.6) is 11.5 Å². The molecule has 106 valence electrons. The molecule has 0 N–H and O–H groups in total. The van der Waals surface area contributed by atoms with Gasteiger partial charge in [-0.15, -0.1) is 0 Å². The molecule has 0 spiro atoms. The highest BCUT2D eigenvalue weighted by atomic mass is 19.1. The van der Waals surface area contributed by atoms with Gasteiger partial charge in [-0.3, -0.25) is 0 Å². The topological polar surface area (TPSA) is 18.5 Å². The van der Waals surface area contributed by atoms with Crippen LogP contribution in [0.4, 0.5) is 4.39 Å². The lowest BCUT2D eigenvalue weighted by molar-refractivity contribution is 0.411. The number of methoxy groups -OCH3 is 2. The maximum absolute atomic E-state index is 14.1. The SMILES string of the molecule is COc1ccc(-c2ccc3cc(OC)ccc3c2)c(F)c1. The van der Waals surface area contributed by atoms with Crippen molar-refractivity contribution in [3.05, 3.63) is 60.4 Å². The summed E-state index contributed by atoms with van der Waals surface area (Å²) in [6.07, 6.45) is 0. The molecule has 0 fully saturated rings. The largest absolute Gasteiger partial charge is 0.497 e. The molecule has 3 heteroatoms. The molecular formula is C18H15FO2. The number of ether oxygens (including phenoxy) is 2. The Morgan fingerprint density at radius 1 is 0.714 bits per heavy atom. The van der Waals surface area contributed by atoms with Crippen molar-refractivity contribution in [1.82, 2.24) is 0 Å². The third-order valence-corrected chi connectivity index (χ3v) is 3.53. The Morgan fingerprint density at radius 2 is 1.33 bits per heavy atom. The lowest BCUT2D eigenvalue weighted by atomic mass is 10.0. The van der Waals surface area contributed by atoms with E-state index in [1.807, 2.05) is 36.4 Å². The van der Waals surface area contributed by atoms with Crippen LogP contribution in [0.15, 0.2) is 54.6 Å². The summed E-state index contributed by atoms with van der Waals surface area (Å²) in [7, 11) is 3.17. The molecule has 3 aromatic rings. The Hall–Kier alpha value is -2.55. The number of rotatable bonds is 3. The molecular weight excluding hydrogens is 267 g/mol. The second-order valence-electron chi connectivity index (χ2n) is 4.77. The summed E-state index contributed by atoms with van der Waals surface area (Å²) in [5.41, 5.74) is 1.40. The van der Waals surface area contributed by atoms with Crippen molar-refractivity contribution in [1.29, 1.82) is 0 Å². The number of fused-ring (bicyclic) bond motifs is 1. The van der Waals surface area contributed by atoms with Gasteiger partial charge in [0.15, 0.2) is 0 Å². The Morgan fingerprint density at radius 3 is 2.05 bits per heavy atom. The minimum absolute atomic E-state index is 0.290. The van der Waals surface area contributed by atoms with Crippen molar-refractivity contribution in [3.8, 4) is 22.6 Å². The second-order valence-corrected chi connectivity index (χ2v) is 4.77. The van der Waals surface area contributed by atoms with Crippen molar-refractivity contribution >= 4 is 10.8 Å². The highest BCUT2D eigenvalue weighted by Crippen LogP contribution is 2.30. The average Bonchev–Trinajstić information content (AvgIpc) is 2.53. The van der Waals surface area contributed by atoms with Gasteiger partial charge in [-0.2, -0.15) is 0 Å². The number of halogens is 1. The van der Waals surface area contributed by atoms with Gasteiger partial charge in [0.2, 0.25) is 0 Å². The van der Waals surface area contributed by atoms with Crippen LogP contribution >= 0.6 is 0 Å². The Kier molecular flexibility index (Phi) is 3.48. The predicted molar refractivity (Wildman–Crippen MR) is 82.4 cm³/mol.